The molecule has 0 amide bonds. The van der Waals surface area contributed by atoms with Crippen LogP contribution in [0.1, 0.15) is 139 Å². The van der Waals surface area contributed by atoms with Crippen LogP contribution in [0.4, 0.5) is 0 Å². The van der Waals surface area contributed by atoms with Gasteiger partial charge in [0.25, 0.3) is 0 Å². The molecule has 4 aromatic rings. The third-order valence-electron chi connectivity index (χ3n) is 11.8. The molecule has 0 N–H and O–H groups in total. The average Bonchev–Trinajstić information content (AvgIpc) is 3.64. The second-order valence-electron chi connectivity index (χ2n) is 17.4. The standard InChI is InChI=1S/C48H60Si.2CH3.2ClH.Zr/c1-11-13-29-49(30-14-12-2,45-33(3)31-43-39(17-15-19-41(43)45)35-21-25-37(26-22-35)47(5,6)7)46-34(4)32-44-40(18-16-20-42(44)46)36-23-27-38(28-24-36)48(8,9)10;;;;;/h15-28,31-32,45-46H,11-14,29-30H2,1-10H3;2*1H3;2*1H;/q;2*-1;;;+4/p-2. The van der Waals surface area contributed by atoms with Crippen molar-refractivity contribution in [1.82, 2.24) is 0 Å². The van der Waals surface area contributed by atoms with Crippen molar-refractivity contribution in [2.75, 3.05) is 0 Å². The summed E-state index contributed by atoms with van der Waals surface area (Å²) in [5.41, 5.74) is 19.0. The topological polar surface area (TPSA) is 0 Å². The van der Waals surface area contributed by atoms with E-state index in [9.17, 15) is 0 Å². The van der Waals surface area contributed by atoms with Crippen molar-refractivity contribution in [3.63, 3.8) is 0 Å². The molecule has 0 nitrogen and oxygen atoms in total. The third kappa shape index (κ3) is 9.59. The van der Waals surface area contributed by atoms with Crippen LogP contribution in [-0.2, 0) is 31.7 Å². The summed E-state index contributed by atoms with van der Waals surface area (Å²) in [6, 6.07) is 36.0. The molecule has 2 aliphatic carbocycles. The maximum atomic E-state index is 4.93. The zero-order valence-electron chi connectivity index (χ0n) is 35.4. The first-order valence-electron chi connectivity index (χ1n) is 19.5. The summed E-state index contributed by atoms with van der Waals surface area (Å²) in [4.78, 5) is 0. The molecule has 2 atom stereocenters. The zero-order chi connectivity index (χ0) is 37.8. The Bertz CT molecular complexity index is 1750. The Morgan fingerprint density at radius 2 is 0.889 bits per heavy atom. The van der Waals surface area contributed by atoms with E-state index in [4.69, 9.17) is 17.0 Å². The van der Waals surface area contributed by atoms with Crippen LogP contribution in [-0.4, -0.2) is 8.07 Å². The predicted octanol–water partition coefficient (Wildman–Crippen LogP) is 16.7. The Morgan fingerprint density at radius 3 is 1.19 bits per heavy atom. The number of allylic oxidation sites excluding steroid dienone is 2. The van der Waals surface area contributed by atoms with Gasteiger partial charge in [0.1, 0.15) is 0 Å². The van der Waals surface area contributed by atoms with Gasteiger partial charge in [-0.2, -0.15) is 0 Å². The Kier molecular flexibility index (Phi) is 16.7. The van der Waals surface area contributed by atoms with Gasteiger partial charge in [-0.25, -0.2) is 0 Å². The van der Waals surface area contributed by atoms with Gasteiger partial charge < -0.3 is 14.9 Å². The van der Waals surface area contributed by atoms with Crippen LogP contribution in [0, 0.1) is 14.9 Å². The number of hydrogen-bond donors (Lipinski definition) is 0. The van der Waals surface area contributed by atoms with E-state index in [0.717, 1.165) is 0 Å². The molecule has 0 saturated heterocycles. The van der Waals surface area contributed by atoms with E-state index >= 15 is 0 Å². The molecule has 6 rings (SSSR count). The van der Waals surface area contributed by atoms with E-state index in [2.05, 4.69) is 166 Å². The number of rotatable bonds is 10. The van der Waals surface area contributed by atoms with Crippen molar-refractivity contribution in [2.45, 2.75) is 129 Å². The molecule has 4 aromatic carbocycles. The molecule has 0 aromatic heterocycles. The molecular formula is C50H66Cl2SiZr. The van der Waals surface area contributed by atoms with Crippen LogP contribution in [0.5, 0.6) is 0 Å². The summed E-state index contributed by atoms with van der Waals surface area (Å²) in [5, 5.41) is 0. The second kappa shape index (κ2) is 19.5. The van der Waals surface area contributed by atoms with Gasteiger partial charge in [0.2, 0.25) is 0 Å². The van der Waals surface area contributed by atoms with E-state index in [1.165, 1.54) is 82.3 Å². The van der Waals surface area contributed by atoms with Crippen molar-refractivity contribution >= 4 is 37.3 Å². The van der Waals surface area contributed by atoms with E-state index in [-0.39, 0.29) is 25.7 Å². The summed E-state index contributed by atoms with van der Waals surface area (Å²) in [6.07, 6.45) is 10.3. The molecule has 0 bridgehead atoms. The molecular weight excluding hydrogens is 791 g/mol. The van der Waals surface area contributed by atoms with Gasteiger partial charge in [-0.15, -0.1) is 0 Å². The molecule has 54 heavy (non-hydrogen) atoms. The van der Waals surface area contributed by atoms with Gasteiger partial charge in [0.05, 0.1) is 8.07 Å². The van der Waals surface area contributed by atoms with Gasteiger partial charge in [-0.3, -0.25) is 0 Å². The minimum absolute atomic E-state index is 0. The number of unbranched alkanes of at least 4 members (excludes halogenated alkanes) is 2. The summed E-state index contributed by atoms with van der Waals surface area (Å²) < 4.78 is 0. The van der Waals surface area contributed by atoms with E-state index < -0.39 is 28.9 Å². The van der Waals surface area contributed by atoms with Gasteiger partial charge in [0.15, 0.2) is 0 Å². The van der Waals surface area contributed by atoms with Crippen LogP contribution in [0.25, 0.3) is 34.4 Å². The van der Waals surface area contributed by atoms with Crippen LogP contribution < -0.4 is 0 Å². The first kappa shape index (κ1) is 46.4. The first-order valence-corrected chi connectivity index (χ1v) is 28.4. The molecule has 2 aliphatic rings. The van der Waals surface area contributed by atoms with Gasteiger partial charge in [-0.05, 0) is 80.3 Å². The summed E-state index contributed by atoms with van der Waals surface area (Å²) >= 11 is -0.826. The van der Waals surface area contributed by atoms with Crippen molar-refractivity contribution in [2.24, 2.45) is 0 Å². The monoisotopic (exact) mass is 854 g/mol. The Morgan fingerprint density at radius 1 is 0.556 bits per heavy atom. The zero-order valence-corrected chi connectivity index (χ0v) is 40.4. The fourth-order valence-electron chi connectivity index (χ4n) is 9.31. The van der Waals surface area contributed by atoms with Crippen molar-refractivity contribution in [3.8, 4) is 22.3 Å². The van der Waals surface area contributed by atoms with Crippen molar-refractivity contribution < 1.29 is 20.8 Å². The van der Waals surface area contributed by atoms with Gasteiger partial charge in [0, 0.05) is 11.1 Å². The molecule has 0 fully saturated rings. The van der Waals surface area contributed by atoms with Crippen molar-refractivity contribution in [3.05, 3.63) is 144 Å². The SMILES string of the molecule is CCCC[Si](CCCC)(C1C(C)=Cc2c(-c3ccc(C(C)(C)C)cc3)cccc21)C1C(C)=Cc2c(-c3ccc(C(C)(C)C)cc3)cccc21.[CH3-].[CH3-].[Cl][Zr+2][Cl]. The summed E-state index contributed by atoms with van der Waals surface area (Å²) in [7, 11) is 7.82. The van der Waals surface area contributed by atoms with Crippen LogP contribution in [0.2, 0.25) is 12.1 Å². The maximum absolute atomic E-state index is 4.93. The molecule has 0 saturated carbocycles. The number of halogens is 2. The molecule has 4 heteroatoms. The fourth-order valence-corrected chi connectivity index (χ4v) is 16.8. The third-order valence-corrected chi connectivity index (χ3v) is 18.2. The molecule has 2 unspecified atom stereocenters. The van der Waals surface area contributed by atoms with Crippen LogP contribution >= 0.6 is 17.0 Å². The van der Waals surface area contributed by atoms with Gasteiger partial charge in [-0.1, -0.05) is 201 Å². The number of benzene rings is 4. The quantitative estimate of drug-likeness (QED) is 0.110. The second-order valence-corrected chi connectivity index (χ2v) is 25.8. The van der Waals surface area contributed by atoms with Crippen LogP contribution in [0.15, 0.2) is 96.1 Å². The normalized spacial score (nSPS) is 16.1. The van der Waals surface area contributed by atoms with Gasteiger partial charge >= 0.3 is 37.9 Å². The van der Waals surface area contributed by atoms with Crippen LogP contribution in [0.3, 0.4) is 0 Å². The Hall–Kier alpha value is -1.96. The molecule has 0 aliphatic heterocycles. The van der Waals surface area contributed by atoms with E-state index in [1.54, 1.807) is 22.3 Å². The Labute approximate surface area is 351 Å². The molecule has 288 valence electrons. The predicted molar refractivity (Wildman–Crippen MR) is 244 cm³/mol. The number of fused-ring (bicyclic) bond motifs is 2. The van der Waals surface area contributed by atoms with Crippen molar-refractivity contribution in [1.29, 1.82) is 0 Å². The molecule has 0 radical (unpaired) electrons. The van der Waals surface area contributed by atoms with E-state index in [0.29, 0.717) is 11.1 Å². The molecule has 0 heterocycles. The average molecular weight is 857 g/mol. The summed E-state index contributed by atoms with van der Waals surface area (Å²) in [6.45, 7) is 23.6. The number of hydrogen-bond acceptors (Lipinski definition) is 0. The minimum atomic E-state index is -2.05. The fraction of sp³-hybridized carbons (Fsp3) is 0.400. The summed E-state index contributed by atoms with van der Waals surface area (Å²) in [5.74, 6) is 0. The van der Waals surface area contributed by atoms with E-state index in [1.807, 2.05) is 0 Å². The first-order chi connectivity index (χ1) is 24.7. The Balaban J connectivity index is 0.00000152. The molecule has 0 spiro atoms.